The van der Waals surface area contributed by atoms with E-state index in [9.17, 15) is 13.6 Å². The number of ether oxygens (including phenoxy) is 1. The number of amides is 1. The van der Waals surface area contributed by atoms with Gasteiger partial charge in [-0.25, -0.2) is 13.5 Å². The summed E-state index contributed by atoms with van der Waals surface area (Å²) < 4.78 is 36.5. The van der Waals surface area contributed by atoms with Gasteiger partial charge in [0.15, 0.2) is 11.6 Å². The summed E-state index contributed by atoms with van der Waals surface area (Å²) in [6, 6.07) is 21.5. The summed E-state index contributed by atoms with van der Waals surface area (Å²) >= 11 is 0. The Morgan fingerprint density at radius 2 is 1.57 bits per heavy atom. The van der Waals surface area contributed by atoms with Gasteiger partial charge in [0.05, 0.1) is 17.7 Å². The Morgan fingerprint density at radius 3 is 2.23 bits per heavy atom. The molecule has 0 saturated heterocycles. The number of carbonyl (C=O) groups excluding carboxylic acids is 1. The lowest BCUT2D eigenvalue weighted by Gasteiger charge is -2.25. The maximum Gasteiger partial charge on any atom is 0.257 e. The molecule has 1 heterocycles. The van der Waals surface area contributed by atoms with Crippen LogP contribution in [0.5, 0.6) is 11.6 Å². The predicted molar refractivity (Wildman–Crippen MR) is 131 cm³/mol. The average molecular weight is 476 g/mol. The maximum atomic E-state index is 14.5. The largest absolute Gasteiger partial charge is 0.436 e. The minimum absolute atomic E-state index is 0.00475. The maximum absolute atomic E-state index is 14.5. The Hall–Kier alpha value is -4.00. The molecular formula is C28H27F2N3O2. The average Bonchev–Trinajstić information content (AvgIpc) is 3.15. The molecule has 0 unspecified atom stereocenters. The molecule has 4 rings (SSSR count). The van der Waals surface area contributed by atoms with E-state index in [1.165, 1.54) is 28.9 Å². The number of benzene rings is 3. The van der Waals surface area contributed by atoms with Crippen LogP contribution in [0.2, 0.25) is 0 Å². The minimum atomic E-state index is -0.580. The summed E-state index contributed by atoms with van der Waals surface area (Å²) in [6.45, 7) is 4.46. The van der Waals surface area contributed by atoms with E-state index in [-0.39, 0.29) is 23.8 Å². The lowest BCUT2D eigenvalue weighted by molar-refractivity contribution is 0.0717. The summed E-state index contributed by atoms with van der Waals surface area (Å²) in [5, 5.41) is 4.65. The van der Waals surface area contributed by atoms with Crippen LogP contribution in [0, 0.1) is 17.6 Å². The fourth-order valence-corrected chi connectivity index (χ4v) is 3.94. The fraction of sp³-hybridized carbons (Fsp3) is 0.214. The van der Waals surface area contributed by atoms with Crippen molar-refractivity contribution in [2.75, 3.05) is 6.54 Å². The van der Waals surface area contributed by atoms with Crippen molar-refractivity contribution in [1.82, 2.24) is 14.7 Å². The van der Waals surface area contributed by atoms with Crippen LogP contribution in [0.4, 0.5) is 8.78 Å². The lowest BCUT2D eigenvalue weighted by atomic mass is 10.1. The molecule has 180 valence electrons. The molecule has 5 nitrogen and oxygen atoms in total. The van der Waals surface area contributed by atoms with Gasteiger partial charge in [-0.1, -0.05) is 68.4 Å². The van der Waals surface area contributed by atoms with Gasteiger partial charge in [0.25, 0.3) is 5.91 Å². The van der Waals surface area contributed by atoms with Gasteiger partial charge in [-0.05, 0) is 30.2 Å². The highest BCUT2D eigenvalue weighted by Gasteiger charge is 2.27. The number of aryl methyl sites for hydroxylation is 1. The number of halogens is 2. The van der Waals surface area contributed by atoms with E-state index in [0.717, 1.165) is 5.56 Å². The number of rotatable bonds is 8. The molecule has 4 aromatic rings. The highest BCUT2D eigenvalue weighted by Crippen LogP contribution is 2.35. The molecule has 0 N–H and O–H groups in total. The molecule has 0 fully saturated rings. The zero-order chi connectivity index (χ0) is 24.9. The molecule has 1 aromatic heterocycles. The van der Waals surface area contributed by atoms with Crippen LogP contribution < -0.4 is 4.74 Å². The summed E-state index contributed by atoms with van der Waals surface area (Å²) in [5.74, 6) is -1.04. The van der Waals surface area contributed by atoms with Crippen molar-refractivity contribution in [3.05, 3.63) is 102 Å². The van der Waals surface area contributed by atoms with Crippen LogP contribution >= 0.6 is 0 Å². The highest BCUT2D eigenvalue weighted by atomic mass is 19.1. The van der Waals surface area contributed by atoms with Gasteiger partial charge in [0, 0.05) is 19.2 Å². The van der Waals surface area contributed by atoms with Crippen LogP contribution in [-0.4, -0.2) is 27.1 Å². The van der Waals surface area contributed by atoms with E-state index in [2.05, 4.69) is 5.10 Å². The van der Waals surface area contributed by atoms with E-state index in [1.807, 2.05) is 44.2 Å². The molecular weight excluding hydrogens is 448 g/mol. The molecule has 0 aliphatic carbocycles. The van der Waals surface area contributed by atoms with E-state index >= 15 is 0 Å². The van der Waals surface area contributed by atoms with Crippen molar-refractivity contribution in [1.29, 1.82) is 0 Å². The highest BCUT2D eigenvalue weighted by molar-refractivity contribution is 5.94. The molecule has 1 amide bonds. The SMILES string of the molecule is CC(C)CN(Cc1c(-c2ccccc2)nn(C)c1Oc1ccccc1F)C(=O)c1ccccc1F. The second kappa shape index (κ2) is 10.5. The van der Waals surface area contributed by atoms with E-state index in [4.69, 9.17) is 4.74 Å². The molecule has 0 aliphatic rings. The predicted octanol–water partition coefficient (Wildman–Crippen LogP) is 6.46. The van der Waals surface area contributed by atoms with Crippen molar-refractivity contribution in [3.8, 4) is 22.9 Å². The summed E-state index contributed by atoms with van der Waals surface area (Å²) in [6.07, 6.45) is 0. The topological polar surface area (TPSA) is 47.4 Å². The van der Waals surface area contributed by atoms with Crippen molar-refractivity contribution >= 4 is 5.91 Å². The van der Waals surface area contributed by atoms with Crippen LogP contribution in [0.25, 0.3) is 11.3 Å². The van der Waals surface area contributed by atoms with Gasteiger partial charge in [-0.2, -0.15) is 5.10 Å². The third kappa shape index (κ3) is 5.40. The first-order valence-corrected chi connectivity index (χ1v) is 11.4. The number of aromatic nitrogens is 2. The fourth-order valence-electron chi connectivity index (χ4n) is 3.94. The number of hydrogen-bond donors (Lipinski definition) is 0. The quantitative estimate of drug-likeness (QED) is 0.294. The summed E-state index contributed by atoms with van der Waals surface area (Å²) in [4.78, 5) is 15.0. The molecule has 3 aromatic carbocycles. The Bertz CT molecular complexity index is 1320. The van der Waals surface area contributed by atoms with Crippen LogP contribution in [0.15, 0.2) is 78.9 Å². The van der Waals surface area contributed by atoms with Crippen LogP contribution in [0.3, 0.4) is 0 Å². The first kappa shape index (κ1) is 24.1. The van der Waals surface area contributed by atoms with Crippen molar-refractivity contribution in [2.45, 2.75) is 20.4 Å². The van der Waals surface area contributed by atoms with E-state index in [1.54, 1.807) is 36.2 Å². The first-order valence-electron chi connectivity index (χ1n) is 11.4. The van der Waals surface area contributed by atoms with Gasteiger partial charge < -0.3 is 9.64 Å². The van der Waals surface area contributed by atoms with Crippen molar-refractivity contribution in [2.24, 2.45) is 13.0 Å². The molecule has 0 atom stereocenters. The molecule has 0 saturated carbocycles. The molecule has 0 aliphatic heterocycles. The van der Waals surface area contributed by atoms with E-state index in [0.29, 0.717) is 23.7 Å². The van der Waals surface area contributed by atoms with Gasteiger partial charge in [-0.15, -0.1) is 0 Å². The number of hydrogen-bond acceptors (Lipinski definition) is 3. The third-order valence-electron chi connectivity index (χ3n) is 5.50. The first-order chi connectivity index (χ1) is 16.8. The number of nitrogens with zero attached hydrogens (tertiary/aromatic N) is 3. The van der Waals surface area contributed by atoms with E-state index < -0.39 is 17.5 Å². The Kier molecular flexibility index (Phi) is 7.25. The Morgan fingerprint density at radius 1 is 0.943 bits per heavy atom. The third-order valence-corrected chi connectivity index (χ3v) is 5.50. The standard InChI is InChI=1S/C28H27F2N3O2/c1-19(2)17-33(27(34)21-13-7-8-14-23(21)29)18-22-26(20-11-5-4-6-12-20)31-32(3)28(22)35-25-16-10-9-15-24(25)30/h4-16,19H,17-18H2,1-3H3. The van der Waals surface area contributed by atoms with Gasteiger partial charge in [0.1, 0.15) is 11.5 Å². The van der Waals surface area contributed by atoms with Crippen molar-refractivity contribution < 1.29 is 18.3 Å². The monoisotopic (exact) mass is 475 g/mol. The Labute approximate surface area is 203 Å². The molecule has 0 bridgehead atoms. The van der Waals surface area contributed by atoms with Gasteiger partial charge >= 0.3 is 0 Å². The summed E-state index contributed by atoms with van der Waals surface area (Å²) in [7, 11) is 1.71. The zero-order valence-electron chi connectivity index (χ0n) is 19.9. The van der Waals surface area contributed by atoms with Gasteiger partial charge in [-0.3, -0.25) is 4.79 Å². The lowest BCUT2D eigenvalue weighted by Crippen LogP contribution is -2.34. The number of carbonyl (C=O) groups is 1. The molecule has 0 spiro atoms. The second-order valence-electron chi connectivity index (χ2n) is 8.71. The number of para-hydroxylation sites is 1. The second-order valence-corrected chi connectivity index (χ2v) is 8.71. The molecule has 0 radical (unpaired) electrons. The van der Waals surface area contributed by atoms with Crippen LogP contribution in [-0.2, 0) is 13.6 Å². The zero-order valence-corrected chi connectivity index (χ0v) is 19.9. The minimum Gasteiger partial charge on any atom is -0.436 e. The van der Waals surface area contributed by atoms with Crippen LogP contribution in [0.1, 0.15) is 29.8 Å². The molecule has 35 heavy (non-hydrogen) atoms. The van der Waals surface area contributed by atoms with Gasteiger partial charge in [0.2, 0.25) is 5.88 Å². The Balaban J connectivity index is 1.81. The van der Waals surface area contributed by atoms with Crippen molar-refractivity contribution in [3.63, 3.8) is 0 Å². The summed E-state index contributed by atoms with van der Waals surface area (Å²) in [5.41, 5.74) is 2.03. The molecule has 7 heteroatoms. The normalized spacial score (nSPS) is 11.0. The smallest absolute Gasteiger partial charge is 0.257 e.